The second kappa shape index (κ2) is 17.4. The highest BCUT2D eigenvalue weighted by Gasteiger charge is 2.30. The molecular weight excluding hydrogens is 590 g/mol. The highest BCUT2D eigenvalue weighted by Crippen LogP contribution is 2.14. The summed E-state index contributed by atoms with van der Waals surface area (Å²) < 4.78 is 63.1. The molecule has 0 saturated heterocycles. The number of carboxylic acids is 2. The molecule has 1 aromatic heterocycles. The van der Waals surface area contributed by atoms with E-state index in [2.05, 4.69) is 32.7 Å². The zero-order chi connectivity index (χ0) is 32.6. The third-order valence-corrected chi connectivity index (χ3v) is 5.39. The molecule has 0 fully saturated rings. The summed E-state index contributed by atoms with van der Waals surface area (Å²) in [5.41, 5.74) is 2.77. The number of aromatic nitrogens is 1. The maximum atomic E-state index is 12.7. The number of carboxylic acid groups (broad SMARTS) is 2. The Balaban J connectivity index is 0.000000548. The molecule has 234 valence electrons. The molecule has 0 saturated carbocycles. The second-order valence-corrected chi connectivity index (χ2v) is 8.84. The van der Waals surface area contributed by atoms with Crippen molar-refractivity contribution in [1.82, 2.24) is 5.32 Å². The number of amides is 1. The van der Waals surface area contributed by atoms with Crippen LogP contribution in [-0.4, -0.2) is 47.9 Å². The number of quaternary nitrogens is 1. The number of carbonyl (C=O) groups is 4. The minimum atomic E-state index is -5.19. The number of aliphatic carboxylic acids is 2. The van der Waals surface area contributed by atoms with Crippen LogP contribution in [0.4, 0.5) is 26.3 Å². The molecule has 16 heteroatoms. The molecule has 10 nitrogen and oxygen atoms in total. The standard InChI is InChI=1S/C23H26N4O2.2C2HF3O2/c1-17(28)8-4-2-7-11-20(27-23(29)19-12-14-24-15-13-19)22-25-16-21(26-22)18-9-5-3-6-10-18;2*3-2(4,5)1(6)7/h3,5-6,9-10,12-16,20H,2,4,7-8,11H2,1H3,(H,25,26)(H,27,29);2*(H,6,7)/t20-;;/m0../s1. The van der Waals surface area contributed by atoms with E-state index >= 15 is 0 Å². The van der Waals surface area contributed by atoms with Crippen molar-refractivity contribution < 1.29 is 66.0 Å². The van der Waals surface area contributed by atoms with Gasteiger partial charge in [0.2, 0.25) is 5.84 Å². The number of rotatable bonds is 10. The summed E-state index contributed by atoms with van der Waals surface area (Å²) in [4.78, 5) is 48.9. The van der Waals surface area contributed by atoms with E-state index < -0.39 is 24.3 Å². The van der Waals surface area contributed by atoms with Gasteiger partial charge in [0.15, 0.2) is 18.1 Å². The zero-order valence-electron chi connectivity index (χ0n) is 22.6. The van der Waals surface area contributed by atoms with Crippen LogP contribution in [0.25, 0.3) is 5.70 Å². The van der Waals surface area contributed by atoms with E-state index in [1.165, 1.54) is 0 Å². The SMILES string of the molecule is CC(=O)CCCCC[C@H](NC(=O)c1cc[nH+]cc1)C1=NC=C(c2ccccc2)[NH2+]1.O=C([O-])C(F)(F)F.O=C([O-])C(F)(F)F. The molecule has 1 amide bonds. The summed E-state index contributed by atoms with van der Waals surface area (Å²) in [5, 5.41) is 22.8. The monoisotopic (exact) mass is 618 g/mol. The number of nitrogens with zero attached hydrogens (tertiary/aromatic N) is 1. The summed E-state index contributed by atoms with van der Waals surface area (Å²) in [5.74, 6) is -5.04. The molecule has 0 aliphatic carbocycles. The lowest BCUT2D eigenvalue weighted by atomic mass is 10.0. The Bertz CT molecular complexity index is 1260. The number of ketones is 1. The van der Waals surface area contributed by atoms with Gasteiger partial charge in [0.25, 0.3) is 5.91 Å². The molecule has 0 unspecified atom stereocenters. The minimum absolute atomic E-state index is 0.114. The quantitative estimate of drug-likeness (QED) is 0.294. The molecule has 2 aromatic rings. The number of aliphatic imine (C=N–C) groups is 1. The first kappa shape index (κ1) is 36.4. The van der Waals surface area contributed by atoms with E-state index in [0.717, 1.165) is 42.8 Å². The number of nitrogens with two attached hydrogens (primary N) is 1. The number of hydrogen-bond acceptors (Lipinski definition) is 7. The summed E-state index contributed by atoms with van der Waals surface area (Å²) in [6, 6.07) is 13.4. The van der Waals surface area contributed by atoms with Crippen molar-refractivity contribution >= 4 is 35.2 Å². The molecule has 1 atom stereocenters. The first-order valence-corrected chi connectivity index (χ1v) is 12.5. The van der Waals surface area contributed by atoms with E-state index in [0.29, 0.717) is 12.0 Å². The van der Waals surface area contributed by atoms with Crippen LogP contribution in [0.5, 0.6) is 0 Å². The Kier molecular flexibility index (Phi) is 14.7. The number of nitrogens with one attached hydrogen (secondary N) is 2. The number of halogens is 6. The second-order valence-electron chi connectivity index (χ2n) is 8.84. The number of amidine groups is 1. The number of hydrogen-bond donors (Lipinski definition) is 2. The van der Waals surface area contributed by atoms with Gasteiger partial charge in [-0.2, -0.15) is 26.3 Å². The van der Waals surface area contributed by atoms with Crippen LogP contribution in [-0.2, 0) is 14.4 Å². The van der Waals surface area contributed by atoms with Crippen molar-refractivity contribution in [3.8, 4) is 0 Å². The van der Waals surface area contributed by atoms with Crippen LogP contribution in [0, 0.1) is 0 Å². The van der Waals surface area contributed by atoms with Crippen molar-refractivity contribution in [2.45, 2.75) is 57.4 Å². The Morgan fingerprint density at radius 3 is 1.91 bits per heavy atom. The first-order valence-electron chi connectivity index (χ1n) is 12.5. The van der Waals surface area contributed by atoms with Gasteiger partial charge in [-0.05, 0) is 31.9 Å². The fourth-order valence-electron chi connectivity index (χ4n) is 3.33. The minimum Gasteiger partial charge on any atom is -0.542 e. The summed E-state index contributed by atoms with van der Waals surface area (Å²) in [6.45, 7) is 1.62. The van der Waals surface area contributed by atoms with Gasteiger partial charge in [-0.15, -0.1) is 0 Å². The summed E-state index contributed by atoms with van der Waals surface area (Å²) >= 11 is 0. The lowest BCUT2D eigenvalue weighted by molar-refractivity contribution is -0.434. The van der Waals surface area contributed by atoms with Gasteiger partial charge in [-0.25, -0.2) is 9.98 Å². The molecule has 43 heavy (non-hydrogen) atoms. The number of Topliss-reactive ketones (excluding diaryl/α,β-unsaturated/α-hetero) is 1. The van der Waals surface area contributed by atoms with Crippen LogP contribution in [0.2, 0.25) is 0 Å². The Hall–Kier alpha value is -4.60. The van der Waals surface area contributed by atoms with Crippen molar-refractivity contribution in [2.24, 2.45) is 4.99 Å². The highest BCUT2D eigenvalue weighted by molar-refractivity contribution is 5.97. The molecule has 0 radical (unpaired) electrons. The normalized spacial score (nSPS) is 13.2. The van der Waals surface area contributed by atoms with Crippen molar-refractivity contribution in [3.63, 3.8) is 0 Å². The molecular formula is C27H28F6N4O6. The number of pyridine rings is 1. The number of aromatic amines is 1. The zero-order valence-corrected chi connectivity index (χ0v) is 22.6. The van der Waals surface area contributed by atoms with Gasteiger partial charge in [0.05, 0.1) is 11.8 Å². The van der Waals surface area contributed by atoms with Crippen molar-refractivity contribution in [2.75, 3.05) is 0 Å². The van der Waals surface area contributed by atoms with E-state index in [1.807, 2.05) is 24.4 Å². The van der Waals surface area contributed by atoms with Crippen LogP contribution in [0.1, 0.15) is 54.9 Å². The lowest BCUT2D eigenvalue weighted by Gasteiger charge is -2.17. The average Bonchev–Trinajstić information content (AvgIpc) is 3.43. The molecule has 1 aromatic carbocycles. The van der Waals surface area contributed by atoms with Gasteiger partial charge in [0, 0.05) is 24.1 Å². The maximum absolute atomic E-state index is 12.7. The van der Waals surface area contributed by atoms with E-state index in [-0.39, 0.29) is 17.7 Å². The first-order chi connectivity index (χ1) is 20.0. The van der Waals surface area contributed by atoms with E-state index in [9.17, 15) is 35.9 Å². The van der Waals surface area contributed by atoms with E-state index in [1.54, 1.807) is 31.5 Å². The van der Waals surface area contributed by atoms with Crippen LogP contribution in [0.15, 0.2) is 66.1 Å². The van der Waals surface area contributed by atoms with Crippen LogP contribution < -0.4 is 25.8 Å². The van der Waals surface area contributed by atoms with Gasteiger partial charge in [-0.1, -0.05) is 31.0 Å². The molecule has 4 N–H and O–H groups in total. The molecule has 0 spiro atoms. The largest absolute Gasteiger partial charge is 0.542 e. The third-order valence-electron chi connectivity index (χ3n) is 5.39. The summed E-state index contributed by atoms with van der Waals surface area (Å²) in [6.07, 6.45) is -0.893. The Morgan fingerprint density at radius 1 is 0.884 bits per heavy atom. The Morgan fingerprint density at radius 2 is 1.42 bits per heavy atom. The number of H-pyrrole nitrogens is 1. The molecule has 1 aliphatic rings. The van der Waals surface area contributed by atoms with Crippen LogP contribution in [0.3, 0.4) is 0 Å². The van der Waals surface area contributed by atoms with Crippen molar-refractivity contribution in [3.05, 3.63) is 72.2 Å². The smallest absolute Gasteiger partial charge is 0.430 e. The van der Waals surface area contributed by atoms with Crippen LogP contribution >= 0.6 is 0 Å². The number of benzene rings is 1. The van der Waals surface area contributed by atoms with E-state index in [4.69, 9.17) is 19.8 Å². The fourth-order valence-corrected chi connectivity index (χ4v) is 3.33. The number of carbonyl (C=O) groups excluding carboxylic acids is 4. The molecule has 0 bridgehead atoms. The number of alkyl halides is 6. The molecule has 2 heterocycles. The summed E-state index contributed by atoms with van der Waals surface area (Å²) in [7, 11) is 0. The maximum Gasteiger partial charge on any atom is 0.430 e. The van der Waals surface area contributed by atoms with Crippen molar-refractivity contribution in [1.29, 1.82) is 0 Å². The predicted molar refractivity (Wildman–Crippen MR) is 134 cm³/mol. The highest BCUT2D eigenvalue weighted by atomic mass is 19.4. The third kappa shape index (κ3) is 14.7. The predicted octanol–water partition coefficient (Wildman–Crippen LogP) is 0.710. The molecule has 1 aliphatic heterocycles. The number of unbranched alkanes of at least 4 members (excludes halogenated alkanes) is 2. The Labute approximate surface area is 241 Å². The van der Waals surface area contributed by atoms with Gasteiger partial charge >= 0.3 is 12.4 Å². The van der Waals surface area contributed by atoms with Gasteiger partial charge in [-0.3, -0.25) is 10.1 Å². The van der Waals surface area contributed by atoms with Gasteiger partial charge < -0.3 is 29.9 Å². The average molecular weight is 619 g/mol. The topological polar surface area (TPSA) is 170 Å². The molecule has 3 rings (SSSR count). The van der Waals surface area contributed by atoms with Gasteiger partial charge in [0.1, 0.15) is 23.8 Å². The fraction of sp³-hybridized carbons (Fsp3) is 0.333. The lowest BCUT2D eigenvalue weighted by Crippen LogP contribution is -2.87.